The molecule has 0 radical (unpaired) electrons. The van der Waals surface area contributed by atoms with Crippen LogP contribution in [0.25, 0.3) is 11.1 Å². The van der Waals surface area contributed by atoms with Crippen LogP contribution in [0.4, 0.5) is 18.9 Å². The Bertz CT molecular complexity index is 1220. The van der Waals surface area contributed by atoms with Crippen molar-refractivity contribution >= 4 is 21.8 Å². The summed E-state index contributed by atoms with van der Waals surface area (Å²) in [6, 6.07) is 7.85. The molecule has 0 bridgehead atoms. The number of nitriles is 1. The molecule has 0 unspecified atom stereocenters. The third-order valence-electron chi connectivity index (χ3n) is 4.89. The van der Waals surface area contributed by atoms with Crippen molar-refractivity contribution in [3.8, 4) is 23.1 Å². The molecular weight excluding hydrogens is 471 g/mol. The van der Waals surface area contributed by atoms with E-state index in [1.807, 2.05) is 0 Å². The van der Waals surface area contributed by atoms with Gasteiger partial charge >= 0.3 is 21.6 Å². The van der Waals surface area contributed by atoms with Gasteiger partial charge in [0.2, 0.25) is 0 Å². The smallest absolute Gasteiger partial charge is 0.465 e. The number of alkyl halides is 3. The molecular formula is C19H16F3N3O7S. The fraction of sp³-hybridized carbons (Fsp3) is 0.316. The molecule has 1 aromatic carbocycles. The van der Waals surface area contributed by atoms with E-state index < -0.39 is 38.5 Å². The van der Waals surface area contributed by atoms with Crippen molar-refractivity contribution in [3.63, 3.8) is 0 Å². The lowest BCUT2D eigenvalue weighted by Crippen LogP contribution is -2.29. The highest BCUT2D eigenvalue weighted by atomic mass is 32.2. The standard InChI is InChI=1S/C19H16F3N3O7S/c1-2-31-17(26)18(7-8-18)15-9-13(11-3-5-12(6-4-11)25(27)28)14(10-23)16(24-15)32-33(29,30)19(20,21)22/h3-6,9,27-28H,2,7-8H2,1H3. The number of aromatic nitrogens is 1. The monoisotopic (exact) mass is 487 g/mol. The Morgan fingerprint density at radius 2 is 1.88 bits per heavy atom. The molecule has 2 N–H and O–H groups in total. The van der Waals surface area contributed by atoms with Crippen molar-refractivity contribution in [2.45, 2.75) is 30.7 Å². The molecule has 2 aromatic rings. The number of rotatable bonds is 7. The van der Waals surface area contributed by atoms with Gasteiger partial charge in [-0.3, -0.25) is 15.2 Å². The summed E-state index contributed by atoms with van der Waals surface area (Å²) in [5.41, 5.74) is -7.86. The van der Waals surface area contributed by atoms with Gasteiger partial charge in [-0.15, -0.1) is 5.23 Å². The van der Waals surface area contributed by atoms with Crippen LogP contribution in [-0.2, 0) is 25.1 Å². The van der Waals surface area contributed by atoms with E-state index in [0.717, 1.165) is 0 Å². The van der Waals surface area contributed by atoms with Gasteiger partial charge < -0.3 is 8.92 Å². The number of ether oxygens (including phenoxy) is 1. The summed E-state index contributed by atoms with van der Waals surface area (Å²) in [5, 5.41) is 27.6. The van der Waals surface area contributed by atoms with E-state index in [2.05, 4.69) is 9.17 Å². The maximum atomic E-state index is 12.9. The molecule has 33 heavy (non-hydrogen) atoms. The van der Waals surface area contributed by atoms with Crippen LogP contribution in [-0.4, -0.2) is 41.9 Å². The number of hydrogen-bond acceptors (Lipinski definition) is 10. The summed E-state index contributed by atoms with van der Waals surface area (Å²) in [7, 11) is -6.18. The van der Waals surface area contributed by atoms with Crippen molar-refractivity contribution in [3.05, 3.63) is 41.6 Å². The highest BCUT2D eigenvalue weighted by Crippen LogP contribution is 2.50. The lowest BCUT2D eigenvalue weighted by molar-refractivity contribution is -0.146. The first-order valence-corrected chi connectivity index (χ1v) is 10.7. The highest BCUT2D eigenvalue weighted by Gasteiger charge is 2.55. The Labute approximate surface area is 185 Å². The number of carbonyl (C=O) groups is 1. The van der Waals surface area contributed by atoms with Gasteiger partial charge in [0, 0.05) is 5.56 Å². The number of hydrogen-bond donors (Lipinski definition) is 2. The zero-order valence-electron chi connectivity index (χ0n) is 16.8. The van der Waals surface area contributed by atoms with E-state index in [1.54, 1.807) is 13.0 Å². The first-order chi connectivity index (χ1) is 15.4. The van der Waals surface area contributed by atoms with Crippen LogP contribution >= 0.6 is 0 Å². The van der Waals surface area contributed by atoms with E-state index in [4.69, 9.17) is 15.2 Å². The Balaban J connectivity index is 2.23. The molecule has 14 heteroatoms. The molecule has 0 spiro atoms. The molecule has 176 valence electrons. The number of pyridine rings is 1. The SMILES string of the molecule is CCOC(=O)C1(c2cc(-c3ccc(N(O)O)cc3)c(C#N)c(OS(=O)(=O)C(F)(F)F)n2)CC1. The predicted octanol–water partition coefficient (Wildman–Crippen LogP) is 3.03. The Kier molecular flexibility index (Phi) is 6.25. The van der Waals surface area contributed by atoms with Crippen molar-refractivity contribution in [1.29, 1.82) is 5.26 Å². The molecule has 10 nitrogen and oxygen atoms in total. The molecule has 1 fully saturated rings. The number of carbonyl (C=O) groups excluding carboxylic acids is 1. The summed E-state index contributed by atoms with van der Waals surface area (Å²) in [4.78, 5) is 16.3. The molecule has 0 saturated heterocycles. The van der Waals surface area contributed by atoms with E-state index in [-0.39, 0.29) is 47.2 Å². The first kappa shape index (κ1) is 24.2. The number of benzene rings is 1. The van der Waals surface area contributed by atoms with Crippen LogP contribution < -0.4 is 9.41 Å². The van der Waals surface area contributed by atoms with Gasteiger partial charge in [-0.05, 0) is 43.5 Å². The minimum Gasteiger partial charge on any atom is -0.465 e. The third kappa shape index (κ3) is 4.56. The second-order valence-corrected chi connectivity index (χ2v) is 8.51. The van der Waals surface area contributed by atoms with Crippen LogP contribution in [0.3, 0.4) is 0 Å². The fourth-order valence-corrected chi connectivity index (χ4v) is 3.47. The van der Waals surface area contributed by atoms with Crippen LogP contribution in [0.15, 0.2) is 30.3 Å². The Morgan fingerprint density at radius 1 is 1.27 bits per heavy atom. The summed E-state index contributed by atoms with van der Waals surface area (Å²) >= 11 is 0. The number of esters is 1. The molecule has 3 rings (SSSR count). The second-order valence-electron chi connectivity index (χ2n) is 6.97. The van der Waals surface area contributed by atoms with Gasteiger partial charge in [0.15, 0.2) is 0 Å². The van der Waals surface area contributed by atoms with Crippen molar-refractivity contribution in [2.24, 2.45) is 0 Å². The molecule has 1 aliphatic carbocycles. The molecule has 0 amide bonds. The minimum atomic E-state index is -6.18. The molecule has 1 aliphatic rings. The number of anilines is 1. The topological polar surface area (TPSA) is 150 Å². The summed E-state index contributed by atoms with van der Waals surface area (Å²) in [6.07, 6.45) is 0.469. The molecule has 1 heterocycles. The normalized spacial score (nSPS) is 14.8. The zero-order valence-corrected chi connectivity index (χ0v) is 17.6. The zero-order chi connectivity index (χ0) is 24.6. The molecule has 1 aromatic heterocycles. The van der Waals surface area contributed by atoms with Gasteiger partial charge in [-0.25, -0.2) is 4.98 Å². The lowest BCUT2D eigenvalue weighted by atomic mass is 9.95. The van der Waals surface area contributed by atoms with Gasteiger partial charge in [-0.2, -0.15) is 26.9 Å². The van der Waals surface area contributed by atoms with Gasteiger partial charge in [0.05, 0.1) is 18.0 Å². The van der Waals surface area contributed by atoms with Crippen LogP contribution in [0.2, 0.25) is 0 Å². The maximum absolute atomic E-state index is 12.9. The quantitative estimate of drug-likeness (QED) is 0.258. The Hall–Kier alpha value is -3.41. The third-order valence-corrected chi connectivity index (χ3v) is 5.83. The van der Waals surface area contributed by atoms with Crippen LogP contribution in [0, 0.1) is 11.3 Å². The van der Waals surface area contributed by atoms with Gasteiger partial charge in [0.25, 0.3) is 5.88 Å². The summed E-state index contributed by atoms with van der Waals surface area (Å²) < 4.78 is 71.2. The second kappa shape index (κ2) is 8.50. The van der Waals surface area contributed by atoms with E-state index in [0.29, 0.717) is 0 Å². The van der Waals surface area contributed by atoms with Gasteiger partial charge in [0.1, 0.15) is 17.0 Å². The number of nitrogens with zero attached hydrogens (tertiary/aromatic N) is 3. The summed E-state index contributed by atoms with van der Waals surface area (Å²) in [5.74, 6) is -1.85. The largest absolute Gasteiger partial charge is 0.534 e. The van der Waals surface area contributed by atoms with Crippen LogP contribution in [0.1, 0.15) is 31.0 Å². The molecule has 0 atom stereocenters. The van der Waals surface area contributed by atoms with E-state index in [1.165, 1.54) is 30.3 Å². The van der Waals surface area contributed by atoms with Crippen molar-refractivity contribution in [1.82, 2.24) is 4.98 Å². The van der Waals surface area contributed by atoms with Crippen LogP contribution in [0.5, 0.6) is 5.88 Å². The lowest BCUT2D eigenvalue weighted by Gasteiger charge is -2.18. The van der Waals surface area contributed by atoms with Crippen molar-refractivity contribution < 1.29 is 45.7 Å². The minimum absolute atomic E-state index is 0.0236. The predicted molar refractivity (Wildman–Crippen MR) is 104 cm³/mol. The van der Waals surface area contributed by atoms with Gasteiger partial charge in [-0.1, -0.05) is 12.1 Å². The van der Waals surface area contributed by atoms with E-state index >= 15 is 0 Å². The summed E-state index contributed by atoms with van der Waals surface area (Å²) in [6.45, 7) is 1.58. The highest BCUT2D eigenvalue weighted by molar-refractivity contribution is 7.87. The fourth-order valence-electron chi connectivity index (χ4n) is 3.05. The Morgan fingerprint density at radius 3 is 2.33 bits per heavy atom. The average molecular weight is 487 g/mol. The maximum Gasteiger partial charge on any atom is 0.534 e. The molecule has 1 saturated carbocycles. The number of halogens is 3. The molecule has 0 aliphatic heterocycles. The average Bonchev–Trinajstić information content (AvgIpc) is 3.54. The van der Waals surface area contributed by atoms with Crippen molar-refractivity contribution in [2.75, 3.05) is 11.8 Å². The first-order valence-electron chi connectivity index (χ1n) is 9.28. The van der Waals surface area contributed by atoms with E-state index in [9.17, 15) is 31.6 Å².